The fourth-order valence-electron chi connectivity index (χ4n) is 3.77. The predicted octanol–water partition coefficient (Wildman–Crippen LogP) is 2.00. The van der Waals surface area contributed by atoms with E-state index in [1.807, 2.05) is 11.7 Å². The molecule has 9 nitrogen and oxygen atoms in total. The Hall–Kier alpha value is -2.67. The van der Waals surface area contributed by atoms with Gasteiger partial charge in [-0.2, -0.15) is 13.2 Å². The highest BCUT2D eigenvalue weighted by atomic mass is 32.1. The molecule has 3 heterocycles. The quantitative estimate of drug-likeness (QED) is 0.598. The summed E-state index contributed by atoms with van der Waals surface area (Å²) in [7, 11) is 1.56. The molecule has 33 heavy (non-hydrogen) atoms. The molecule has 0 unspecified atom stereocenters. The molecule has 1 N–H and O–H groups in total. The summed E-state index contributed by atoms with van der Waals surface area (Å²) >= 11 is 1.21. The van der Waals surface area contributed by atoms with Crippen molar-refractivity contribution in [2.45, 2.75) is 51.5 Å². The van der Waals surface area contributed by atoms with Crippen LogP contribution in [0.1, 0.15) is 35.7 Å². The van der Waals surface area contributed by atoms with Crippen LogP contribution in [0, 0.1) is 6.92 Å². The Morgan fingerprint density at radius 3 is 2.58 bits per heavy atom. The summed E-state index contributed by atoms with van der Waals surface area (Å²) in [4.78, 5) is 41.6. The van der Waals surface area contributed by atoms with E-state index in [1.54, 1.807) is 14.0 Å². The van der Waals surface area contributed by atoms with Crippen molar-refractivity contribution < 1.29 is 22.7 Å². The van der Waals surface area contributed by atoms with Crippen molar-refractivity contribution in [2.75, 3.05) is 26.9 Å². The van der Waals surface area contributed by atoms with Gasteiger partial charge in [0.1, 0.15) is 18.4 Å². The van der Waals surface area contributed by atoms with Gasteiger partial charge in [0.05, 0.1) is 24.9 Å². The third kappa shape index (κ3) is 5.29. The Bertz CT molecular complexity index is 1150. The lowest BCUT2D eigenvalue weighted by Gasteiger charge is -2.20. The highest BCUT2D eigenvalue weighted by molar-refractivity contribution is 7.18. The highest BCUT2D eigenvalue weighted by Crippen LogP contribution is 2.35. The van der Waals surface area contributed by atoms with Gasteiger partial charge in [0, 0.05) is 31.1 Å². The number of fused-ring (bicyclic) bond motifs is 1. The van der Waals surface area contributed by atoms with Gasteiger partial charge in [-0.05, 0) is 25.3 Å². The molecule has 2 aromatic heterocycles. The second-order valence-corrected chi connectivity index (χ2v) is 8.86. The molecule has 0 aromatic carbocycles. The molecular formula is C20H26F3N5O4S. The average Bonchev–Trinajstić information content (AvgIpc) is 3.41. The predicted molar refractivity (Wildman–Crippen MR) is 119 cm³/mol. The maximum absolute atomic E-state index is 13.1. The number of aromatic nitrogens is 2. The smallest absolute Gasteiger partial charge is 0.364 e. The second-order valence-electron chi connectivity index (χ2n) is 7.77. The van der Waals surface area contributed by atoms with E-state index < -0.39 is 30.4 Å². The number of guanidine groups is 1. The van der Waals surface area contributed by atoms with E-state index in [0.717, 1.165) is 14.0 Å². The van der Waals surface area contributed by atoms with Crippen molar-refractivity contribution in [3.05, 3.63) is 31.3 Å². The van der Waals surface area contributed by atoms with E-state index in [1.165, 1.54) is 11.3 Å². The minimum Gasteiger partial charge on any atom is -0.364 e. The number of hydrogen-bond acceptors (Lipinski definition) is 8. The van der Waals surface area contributed by atoms with E-state index in [-0.39, 0.29) is 6.04 Å². The van der Waals surface area contributed by atoms with Crippen LogP contribution in [0.15, 0.2) is 14.6 Å². The van der Waals surface area contributed by atoms with Crippen LogP contribution in [0.3, 0.4) is 0 Å². The van der Waals surface area contributed by atoms with Gasteiger partial charge in [-0.15, -0.1) is 11.3 Å². The van der Waals surface area contributed by atoms with Crippen LogP contribution in [-0.2, 0) is 22.6 Å². The van der Waals surface area contributed by atoms with E-state index in [2.05, 4.69) is 10.3 Å². The van der Waals surface area contributed by atoms with Crippen LogP contribution in [0.5, 0.6) is 0 Å². The molecule has 1 aliphatic carbocycles. The van der Waals surface area contributed by atoms with Crippen molar-refractivity contribution >= 4 is 34.3 Å². The van der Waals surface area contributed by atoms with Crippen LogP contribution >= 0.6 is 11.3 Å². The largest absolute Gasteiger partial charge is 0.390 e. The minimum atomic E-state index is -4.39. The number of aryl methyl sites for hydroxylation is 2. The first kappa shape index (κ1) is 25.0. The van der Waals surface area contributed by atoms with Gasteiger partial charge in [0.2, 0.25) is 0 Å². The summed E-state index contributed by atoms with van der Waals surface area (Å²) in [5.74, 6) is 0.670. The van der Waals surface area contributed by atoms with Crippen molar-refractivity contribution in [2.24, 2.45) is 4.99 Å². The molecule has 0 spiro atoms. The van der Waals surface area contributed by atoms with Crippen molar-refractivity contribution in [3.63, 3.8) is 0 Å². The Kier molecular flexibility index (Phi) is 7.62. The lowest BCUT2D eigenvalue weighted by Crippen LogP contribution is -2.40. The molecule has 0 bridgehead atoms. The first-order chi connectivity index (χ1) is 15.7. The van der Waals surface area contributed by atoms with Crippen LogP contribution in [0.2, 0.25) is 0 Å². The number of ether oxygens (including phenoxy) is 1. The summed E-state index contributed by atoms with van der Waals surface area (Å²) in [5, 5.41) is 3.41. The lowest BCUT2D eigenvalue weighted by atomic mass is 10.2. The van der Waals surface area contributed by atoms with E-state index in [0.29, 0.717) is 60.9 Å². The van der Waals surface area contributed by atoms with Gasteiger partial charge in [-0.25, -0.2) is 4.79 Å². The third-order valence-corrected chi connectivity index (χ3v) is 6.81. The fourth-order valence-corrected chi connectivity index (χ4v) is 5.10. The second kappa shape index (κ2) is 10.1. The number of carbonyl (C=O) groups is 1. The third-order valence-electron chi connectivity index (χ3n) is 5.51. The summed E-state index contributed by atoms with van der Waals surface area (Å²) in [6.45, 7) is 5.31. The molecule has 1 fully saturated rings. The van der Waals surface area contributed by atoms with Crippen LogP contribution in [0.25, 0.3) is 10.2 Å². The molecular weight excluding hydrogens is 463 g/mol. The van der Waals surface area contributed by atoms with Crippen LogP contribution in [0.4, 0.5) is 13.2 Å². The Labute approximate surface area is 191 Å². The molecule has 2 aliphatic rings. The number of rotatable bonds is 7. The zero-order valence-electron chi connectivity index (χ0n) is 18.4. The van der Waals surface area contributed by atoms with E-state index >= 15 is 0 Å². The molecule has 1 saturated carbocycles. The first-order valence-corrected chi connectivity index (χ1v) is 11.2. The first-order valence-electron chi connectivity index (χ1n) is 10.4. The lowest BCUT2D eigenvalue weighted by molar-refractivity contribution is -0.136. The summed E-state index contributed by atoms with van der Waals surface area (Å²) in [6, 6.07) is -0.222. The van der Waals surface area contributed by atoms with Gasteiger partial charge in [0.15, 0.2) is 5.96 Å². The van der Waals surface area contributed by atoms with Crippen molar-refractivity contribution in [3.8, 4) is 0 Å². The zero-order valence-corrected chi connectivity index (χ0v) is 19.2. The number of carbonyl (C=O) groups excluding carboxylic acids is 1. The number of halogens is 3. The Morgan fingerprint density at radius 2 is 1.97 bits per heavy atom. The molecule has 0 radical (unpaired) electrons. The summed E-state index contributed by atoms with van der Waals surface area (Å²) in [5.41, 5.74) is -0.348. The molecule has 0 atom stereocenters. The molecule has 2 aromatic rings. The number of aliphatic imine (C=N–C) groups is 1. The number of methoxy groups -OCH3 is 1. The number of thiophene rings is 1. The van der Waals surface area contributed by atoms with Crippen molar-refractivity contribution in [1.82, 2.24) is 19.4 Å². The summed E-state index contributed by atoms with van der Waals surface area (Å²) < 4.78 is 46.0. The van der Waals surface area contributed by atoms with E-state index in [4.69, 9.17) is 9.53 Å². The normalized spacial score (nSPS) is 16.0. The van der Waals surface area contributed by atoms with Crippen LogP contribution in [-0.4, -0.2) is 59.9 Å². The maximum atomic E-state index is 13.1. The number of hydrogen-bond donors (Lipinski definition) is 1. The maximum Gasteiger partial charge on any atom is 0.390 e. The Morgan fingerprint density at radius 1 is 1.27 bits per heavy atom. The van der Waals surface area contributed by atoms with Crippen LogP contribution < -0.4 is 16.6 Å². The monoisotopic (exact) mass is 489 g/mol. The van der Waals surface area contributed by atoms with Gasteiger partial charge in [0.25, 0.3) is 5.56 Å². The fraction of sp³-hybridized carbons (Fsp3) is 0.600. The van der Waals surface area contributed by atoms with Gasteiger partial charge >= 0.3 is 11.9 Å². The standard InChI is InChI=1S/C19H24F3N5O3S.CH2O/c1-11-13(9-25-8-6-23-17(25)24-10-30-2)31-16-14(11)15(28)27(12-3-4-12)18(29)26(16)7-5-19(20,21)22;1-2/h12H,3-10H2,1-2H3,(H,23,24);1H2. The number of nitrogens with zero attached hydrogens (tertiary/aromatic N) is 4. The molecule has 13 heteroatoms. The van der Waals surface area contributed by atoms with Gasteiger partial charge < -0.3 is 19.7 Å². The molecule has 0 amide bonds. The zero-order chi connectivity index (χ0) is 24.3. The Balaban J connectivity index is 0.00000149. The SMILES string of the molecule is C=O.COCNC1=NCCN1Cc1sc2c(c1C)c(=O)n(C1CC1)c(=O)n2CCC(F)(F)F. The number of alkyl halides is 3. The number of nitrogens with one attached hydrogen (secondary N) is 1. The highest BCUT2D eigenvalue weighted by Gasteiger charge is 2.32. The van der Waals surface area contributed by atoms with Gasteiger partial charge in [-0.1, -0.05) is 0 Å². The van der Waals surface area contributed by atoms with Gasteiger partial charge in [-0.3, -0.25) is 18.9 Å². The summed E-state index contributed by atoms with van der Waals surface area (Å²) in [6.07, 6.45) is -4.14. The molecule has 4 rings (SSSR count). The molecule has 1 aliphatic heterocycles. The molecule has 0 saturated heterocycles. The van der Waals surface area contributed by atoms with Crippen molar-refractivity contribution in [1.29, 1.82) is 0 Å². The minimum absolute atomic E-state index is 0.222. The van der Waals surface area contributed by atoms with E-state index in [9.17, 15) is 22.8 Å². The average molecular weight is 490 g/mol. The molecule has 182 valence electrons. The topological polar surface area (TPSA) is 97.9 Å².